The zero-order valence-corrected chi connectivity index (χ0v) is 16.8. The summed E-state index contributed by atoms with van der Waals surface area (Å²) in [5.74, 6) is 0.629. The number of nitrogens with zero attached hydrogens (tertiary/aromatic N) is 3. The van der Waals surface area contributed by atoms with Crippen LogP contribution >= 0.6 is 12.4 Å². The molecule has 2 aromatic rings. The van der Waals surface area contributed by atoms with Crippen LogP contribution in [0.5, 0.6) is 5.75 Å². The highest BCUT2D eigenvalue weighted by Gasteiger charge is 2.23. The van der Waals surface area contributed by atoms with E-state index in [-0.39, 0.29) is 36.5 Å². The van der Waals surface area contributed by atoms with Gasteiger partial charge in [-0.3, -0.25) is 4.79 Å². The van der Waals surface area contributed by atoms with Crippen molar-refractivity contribution in [2.24, 2.45) is 5.73 Å². The first kappa shape index (κ1) is 21.2. The molecule has 1 fully saturated rings. The minimum Gasteiger partial charge on any atom is -0.491 e. The van der Waals surface area contributed by atoms with Gasteiger partial charge in [-0.05, 0) is 70.7 Å². The van der Waals surface area contributed by atoms with E-state index in [0.717, 1.165) is 37.1 Å². The van der Waals surface area contributed by atoms with Crippen LogP contribution in [0.3, 0.4) is 0 Å². The van der Waals surface area contributed by atoms with Gasteiger partial charge in [0, 0.05) is 12.1 Å². The molecule has 0 bridgehead atoms. The van der Waals surface area contributed by atoms with E-state index in [1.54, 1.807) is 4.68 Å². The van der Waals surface area contributed by atoms with E-state index < -0.39 is 0 Å². The molecule has 7 nitrogen and oxygen atoms in total. The van der Waals surface area contributed by atoms with Crippen molar-refractivity contribution in [1.82, 2.24) is 20.3 Å². The van der Waals surface area contributed by atoms with E-state index >= 15 is 0 Å². The fraction of sp³-hybridized carbons (Fsp3) is 0.526. The van der Waals surface area contributed by atoms with Crippen molar-refractivity contribution >= 4 is 18.3 Å². The van der Waals surface area contributed by atoms with Crippen LogP contribution in [0.15, 0.2) is 24.3 Å². The zero-order chi connectivity index (χ0) is 18.7. The molecule has 27 heavy (non-hydrogen) atoms. The Labute approximate surface area is 166 Å². The lowest BCUT2D eigenvalue weighted by Gasteiger charge is -2.26. The Morgan fingerprint density at radius 2 is 1.85 bits per heavy atom. The second-order valence-corrected chi connectivity index (χ2v) is 7.18. The van der Waals surface area contributed by atoms with Gasteiger partial charge in [-0.15, -0.1) is 17.5 Å². The number of amides is 1. The fourth-order valence-corrected chi connectivity index (χ4v) is 3.24. The first-order valence-electron chi connectivity index (χ1n) is 9.20. The molecule has 1 aromatic carbocycles. The summed E-state index contributed by atoms with van der Waals surface area (Å²) in [6, 6.07) is 8.02. The van der Waals surface area contributed by atoms with Crippen LogP contribution in [0.4, 0.5) is 0 Å². The lowest BCUT2D eigenvalue weighted by Crippen LogP contribution is -2.40. The van der Waals surface area contributed by atoms with Gasteiger partial charge in [-0.1, -0.05) is 5.21 Å². The van der Waals surface area contributed by atoms with Crippen molar-refractivity contribution < 1.29 is 9.53 Å². The van der Waals surface area contributed by atoms with Crippen LogP contribution in [0.2, 0.25) is 0 Å². The van der Waals surface area contributed by atoms with E-state index in [1.165, 1.54) is 0 Å². The van der Waals surface area contributed by atoms with Gasteiger partial charge in [0.2, 0.25) is 0 Å². The molecule has 1 amide bonds. The van der Waals surface area contributed by atoms with E-state index in [0.29, 0.717) is 11.4 Å². The van der Waals surface area contributed by atoms with Gasteiger partial charge in [-0.25, -0.2) is 4.68 Å². The second kappa shape index (κ2) is 9.19. The lowest BCUT2D eigenvalue weighted by molar-refractivity contribution is 0.0920. The highest BCUT2D eigenvalue weighted by molar-refractivity contribution is 5.93. The summed E-state index contributed by atoms with van der Waals surface area (Å²) in [4.78, 5) is 12.6. The van der Waals surface area contributed by atoms with Crippen molar-refractivity contribution in [3.05, 3.63) is 35.7 Å². The Bertz CT molecular complexity index is 752. The molecular formula is C19H28ClN5O2. The maximum atomic E-state index is 12.6. The molecule has 3 rings (SSSR count). The molecule has 3 N–H and O–H groups in total. The smallest absolute Gasteiger partial charge is 0.273 e. The van der Waals surface area contributed by atoms with E-state index in [2.05, 4.69) is 15.6 Å². The molecule has 0 saturated heterocycles. The normalized spacial score (nSPS) is 19.4. The standard InChI is InChI=1S/C19H27N5O2.ClH/c1-12(2)26-17-10-8-16(9-11-17)24-13(3)18(22-23-24)19(25)21-15-6-4-14(20)5-7-15;/h8-12,14-15H,4-7,20H2,1-3H3,(H,21,25);1H. The zero-order valence-electron chi connectivity index (χ0n) is 16.0. The molecule has 0 atom stereocenters. The van der Waals surface area contributed by atoms with Crippen molar-refractivity contribution in [3.8, 4) is 11.4 Å². The quantitative estimate of drug-likeness (QED) is 0.814. The third kappa shape index (κ3) is 5.20. The fourth-order valence-electron chi connectivity index (χ4n) is 3.24. The van der Waals surface area contributed by atoms with E-state index in [4.69, 9.17) is 10.5 Å². The Balaban J connectivity index is 0.00000261. The Hall–Kier alpha value is -2.12. The molecule has 1 aliphatic rings. The van der Waals surface area contributed by atoms with E-state index in [9.17, 15) is 4.79 Å². The summed E-state index contributed by atoms with van der Waals surface area (Å²) in [7, 11) is 0. The summed E-state index contributed by atoms with van der Waals surface area (Å²) in [5.41, 5.74) is 7.84. The highest BCUT2D eigenvalue weighted by Crippen LogP contribution is 2.20. The number of benzene rings is 1. The molecule has 1 aliphatic carbocycles. The summed E-state index contributed by atoms with van der Waals surface area (Å²) < 4.78 is 7.32. The van der Waals surface area contributed by atoms with Gasteiger partial charge in [-0.2, -0.15) is 0 Å². The number of halogens is 1. The number of carbonyl (C=O) groups is 1. The molecular weight excluding hydrogens is 366 g/mol. The highest BCUT2D eigenvalue weighted by atomic mass is 35.5. The van der Waals surface area contributed by atoms with E-state index in [1.807, 2.05) is 45.0 Å². The maximum absolute atomic E-state index is 12.6. The molecule has 0 spiro atoms. The SMILES string of the molecule is Cc1c(C(=O)NC2CCC(N)CC2)nnn1-c1ccc(OC(C)C)cc1.Cl. The second-order valence-electron chi connectivity index (χ2n) is 7.18. The summed E-state index contributed by atoms with van der Waals surface area (Å²) >= 11 is 0. The minimum atomic E-state index is -0.172. The third-order valence-corrected chi connectivity index (χ3v) is 4.67. The number of hydrogen-bond donors (Lipinski definition) is 2. The van der Waals surface area contributed by atoms with Crippen molar-refractivity contribution in [2.45, 2.75) is 64.6 Å². The summed E-state index contributed by atoms with van der Waals surface area (Å²) in [5, 5.41) is 11.3. The van der Waals surface area contributed by atoms with Crippen molar-refractivity contribution in [1.29, 1.82) is 0 Å². The van der Waals surface area contributed by atoms with Crippen molar-refractivity contribution in [2.75, 3.05) is 0 Å². The van der Waals surface area contributed by atoms with Crippen LogP contribution < -0.4 is 15.8 Å². The molecule has 0 unspecified atom stereocenters. The lowest BCUT2D eigenvalue weighted by atomic mass is 9.92. The van der Waals surface area contributed by atoms with Crippen LogP contribution in [0.25, 0.3) is 5.69 Å². The van der Waals surface area contributed by atoms with Gasteiger partial charge in [0.15, 0.2) is 5.69 Å². The topological polar surface area (TPSA) is 95.1 Å². The first-order chi connectivity index (χ1) is 12.4. The Kier molecular flexibility index (Phi) is 7.21. The van der Waals surface area contributed by atoms with Crippen LogP contribution in [0, 0.1) is 6.92 Å². The number of ether oxygens (including phenoxy) is 1. The van der Waals surface area contributed by atoms with Crippen LogP contribution in [-0.2, 0) is 0 Å². The number of nitrogens with two attached hydrogens (primary N) is 1. The van der Waals surface area contributed by atoms with Crippen molar-refractivity contribution in [3.63, 3.8) is 0 Å². The number of carbonyl (C=O) groups excluding carboxylic acids is 1. The molecule has 1 heterocycles. The summed E-state index contributed by atoms with van der Waals surface area (Å²) in [6.07, 6.45) is 3.84. The molecule has 1 saturated carbocycles. The Morgan fingerprint density at radius 3 is 2.44 bits per heavy atom. The predicted molar refractivity (Wildman–Crippen MR) is 107 cm³/mol. The number of hydrogen-bond acceptors (Lipinski definition) is 5. The molecule has 0 radical (unpaired) electrons. The molecule has 0 aliphatic heterocycles. The van der Waals surface area contributed by atoms with Gasteiger partial charge in [0.05, 0.1) is 17.5 Å². The average Bonchev–Trinajstić information content (AvgIpc) is 2.99. The molecule has 8 heteroatoms. The number of nitrogens with one attached hydrogen (secondary N) is 1. The summed E-state index contributed by atoms with van der Waals surface area (Å²) in [6.45, 7) is 5.82. The van der Waals surface area contributed by atoms with Gasteiger partial charge < -0.3 is 15.8 Å². The largest absolute Gasteiger partial charge is 0.491 e. The number of aromatic nitrogens is 3. The third-order valence-electron chi connectivity index (χ3n) is 4.67. The van der Waals surface area contributed by atoms with Gasteiger partial charge in [0.25, 0.3) is 5.91 Å². The first-order valence-corrected chi connectivity index (χ1v) is 9.20. The van der Waals surface area contributed by atoms with Crippen LogP contribution in [-0.4, -0.2) is 39.1 Å². The number of rotatable bonds is 5. The molecule has 148 valence electrons. The Morgan fingerprint density at radius 1 is 1.22 bits per heavy atom. The maximum Gasteiger partial charge on any atom is 0.273 e. The monoisotopic (exact) mass is 393 g/mol. The van der Waals surface area contributed by atoms with Gasteiger partial charge in [0.1, 0.15) is 5.75 Å². The average molecular weight is 394 g/mol. The van der Waals surface area contributed by atoms with Gasteiger partial charge >= 0.3 is 0 Å². The van der Waals surface area contributed by atoms with Crippen LogP contribution in [0.1, 0.15) is 55.7 Å². The molecule has 1 aromatic heterocycles. The minimum absolute atomic E-state index is 0. The predicted octanol–water partition coefficient (Wildman–Crippen LogP) is 2.78.